The maximum Gasteiger partial charge on any atom is 0.239 e. The molecule has 1 aliphatic carbocycles. The quantitative estimate of drug-likeness (QED) is 0.834. The second-order valence-electron chi connectivity index (χ2n) is 6.18. The number of carbonyl (C=O) groups excluding carboxylic acids is 1. The highest BCUT2D eigenvalue weighted by Gasteiger charge is 2.21. The SMILES string of the molecule is CN(Cc1nc2c(s1)CCCC2)C(=O)C(N)Cc1ccccc1.Cl.Cl. The number of thiazole rings is 1. The van der Waals surface area contributed by atoms with Crippen LogP contribution in [0.25, 0.3) is 0 Å². The van der Waals surface area contributed by atoms with Gasteiger partial charge in [-0.25, -0.2) is 4.98 Å². The van der Waals surface area contributed by atoms with E-state index in [1.165, 1.54) is 23.4 Å². The van der Waals surface area contributed by atoms with Gasteiger partial charge >= 0.3 is 0 Å². The predicted octanol–water partition coefficient (Wildman–Crippen LogP) is 3.39. The maximum atomic E-state index is 12.5. The Morgan fingerprint density at radius 2 is 1.92 bits per heavy atom. The number of likely N-dealkylation sites (N-methyl/N-ethyl adjacent to an activating group) is 1. The maximum absolute atomic E-state index is 12.5. The summed E-state index contributed by atoms with van der Waals surface area (Å²) in [6.45, 7) is 0.555. The van der Waals surface area contributed by atoms with E-state index in [0.717, 1.165) is 23.4 Å². The number of hydrogen-bond acceptors (Lipinski definition) is 4. The highest BCUT2D eigenvalue weighted by atomic mass is 35.5. The third-order valence-electron chi connectivity index (χ3n) is 4.25. The molecular formula is C18H25Cl2N3OS. The summed E-state index contributed by atoms with van der Waals surface area (Å²) in [5.41, 5.74) is 8.42. The van der Waals surface area contributed by atoms with Gasteiger partial charge in [-0.15, -0.1) is 36.2 Å². The van der Waals surface area contributed by atoms with Crippen LogP contribution in [-0.2, 0) is 30.6 Å². The third kappa shape index (κ3) is 5.68. The van der Waals surface area contributed by atoms with Crippen LogP contribution in [-0.4, -0.2) is 28.9 Å². The van der Waals surface area contributed by atoms with Crippen LogP contribution >= 0.6 is 36.2 Å². The smallest absolute Gasteiger partial charge is 0.239 e. The molecule has 0 spiro atoms. The fourth-order valence-corrected chi connectivity index (χ4v) is 4.20. The molecular weight excluding hydrogens is 377 g/mol. The van der Waals surface area contributed by atoms with Crippen molar-refractivity contribution in [3.63, 3.8) is 0 Å². The molecule has 1 aromatic carbocycles. The lowest BCUT2D eigenvalue weighted by molar-refractivity contribution is -0.131. The highest BCUT2D eigenvalue weighted by molar-refractivity contribution is 7.11. The molecule has 138 valence electrons. The molecule has 3 rings (SSSR count). The van der Waals surface area contributed by atoms with Crippen molar-refractivity contribution in [1.82, 2.24) is 9.88 Å². The van der Waals surface area contributed by atoms with Crippen LogP contribution in [0.3, 0.4) is 0 Å². The number of aromatic nitrogens is 1. The minimum atomic E-state index is -0.503. The van der Waals surface area contributed by atoms with Gasteiger partial charge in [0.1, 0.15) is 5.01 Å². The summed E-state index contributed by atoms with van der Waals surface area (Å²) in [6, 6.07) is 9.40. The number of hydrogen-bond donors (Lipinski definition) is 1. The Bertz CT molecular complexity index is 655. The van der Waals surface area contributed by atoms with Crippen molar-refractivity contribution >= 4 is 42.1 Å². The Labute approximate surface area is 165 Å². The molecule has 1 aliphatic rings. The Morgan fingerprint density at radius 3 is 2.60 bits per heavy atom. The molecule has 2 aromatic rings. The van der Waals surface area contributed by atoms with E-state index in [-0.39, 0.29) is 30.7 Å². The first kappa shape index (κ1) is 21.9. The molecule has 7 heteroatoms. The standard InChI is InChI=1S/C18H23N3OS.2ClH/c1-21(12-17-20-15-9-5-6-10-16(15)23-17)18(22)14(19)11-13-7-3-2-4-8-13;;/h2-4,7-8,14H,5-6,9-12,19H2,1H3;2*1H. The Balaban J connectivity index is 0.00000156. The lowest BCUT2D eigenvalue weighted by atomic mass is 10.0. The second kappa shape index (κ2) is 10.1. The van der Waals surface area contributed by atoms with Crippen LogP contribution in [0.15, 0.2) is 30.3 Å². The zero-order valence-corrected chi connectivity index (χ0v) is 16.8. The molecule has 1 unspecified atom stereocenters. The van der Waals surface area contributed by atoms with Gasteiger partial charge in [-0.05, 0) is 37.7 Å². The first-order chi connectivity index (χ1) is 11.1. The Morgan fingerprint density at radius 1 is 1.24 bits per heavy atom. The van der Waals surface area contributed by atoms with E-state index in [1.54, 1.807) is 16.2 Å². The van der Waals surface area contributed by atoms with Crippen LogP contribution in [0, 0.1) is 0 Å². The van der Waals surface area contributed by atoms with Crippen molar-refractivity contribution in [3.05, 3.63) is 51.5 Å². The van der Waals surface area contributed by atoms with Gasteiger partial charge < -0.3 is 10.6 Å². The molecule has 2 N–H and O–H groups in total. The van der Waals surface area contributed by atoms with Gasteiger partial charge in [-0.2, -0.15) is 0 Å². The van der Waals surface area contributed by atoms with E-state index in [1.807, 2.05) is 37.4 Å². The first-order valence-electron chi connectivity index (χ1n) is 8.15. The zero-order valence-electron chi connectivity index (χ0n) is 14.3. The van der Waals surface area contributed by atoms with Crippen LogP contribution in [0.1, 0.15) is 34.0 Å². The predicted molar refractivity (Wildman–Crippen MR) is 108 cm³/mol. The number of fused-ring (bicyclic) bond motifs is 1. The molecule has 1 amide bonds. The van der Waals surface area contributed by atoms with Crippen LogP contribution in [0.2, 0.25) is 0 Å². The van der Waals surface area contributed by atoms with Gasteiger partial charge in [0.2, 0.25) is 5.91 Å². The first-order valence-corrected chi connectivity index (χ1v) is 8.97. The number of carbonyl (C=O) groups is 1. The summed E-state index contributed by atoms with van der Waals surface area (Å²) in [5.74, 6) is -0.0259. The number of aryl methyl sites for hydroxylation is 2. The lowest BCUT2D eigenvalue weighted by Gasteiger charge is -2.20. The molecule has 1 heterocycles. The summed E-state index contributed by atoms with van der Waals surface area (Å²) in [7, 11) is 1.81. The van der Waals surface area contributed by atoms with Gasteiger partial charge in [-0.3, -0.25) is 4.79 Å². The van der Waals surface area contributed by atoms with Crippen molar-refractivity contribution in [2.24, 2.45) is 5.73 Å². The minimum Gasteiger partial charge on any atom is -0.338 e. The Hall–Kier alpha value is -1.14. The van der Waals surface area contributed by atoms with Crippen LogP contribution in [0.4, 0.5) is 0 Å². The monoisotopic (exact) mass is 401 g/mol. The van der Waals surface area contributed by atoms with Crippen LogP contribution in [0.5, 0.6) is 0 Å². The van der Waals surface area contributed by atoms with E-state index in [4.69, 9.17) is 10.7 Å². The van der Waals surface area contributed by atoms with E-state index in [9.17, 15) is 4.79 Å². The fraction of sp³-hybridized carbons (Fsp3) is 0.444. The van der Waals surface area contributed by atoms with Crippen molar-refractivity contribution in [2.45, 2.75) is 44.7 Å². The summed E-state index contributed by atoms with van der Waals surface area (Å²) >= 11 is 1.75. The molecule has 1 atom stereocenters. The second-order valence-corrected chi connectivity index (χ2v) is 7.34. The molecule has 0 saturated heterocycles. The van der Waals surface area contributed by atoms with E-state index in [2.05, 4.69) is 0 Å². The van der Waals surface area contributed by atoms with E-state index < -0.39 is 6.04 Å². The van der Waals surface area contributed by atoms with Crippen molar-refractivity contribution in [2.75, 3.05) is 7.05 Å². The minimum absolute atomic E-state index is 0. The van der Waals surface area contributed by atoms with Gasteiger partial charge in [0, 0.05) is 11.9 Å². The zero-order chi connectivity index (χ0) is 16.2. The normalized spacial score (nSPS) is 13.8. The molecule has 1 aromatic heterocycles. The fourth-order valence-electron chi connectivity index (χ4n) is 2.99. The summed E-state index contributed by atoms with van der Waals surface area (Å²) in [5, 5.41) is 1.03. The number of nitrogens with zero attached hydrogens (tertiary/aromatic N) is 2. The molecule has 0 saturated carbocycles. The lowest BCUT2D eigenvalue weighted by Crippen LogP contribution is -2.42. The molecule has 0 radical (unpaired) electrons. The van der Waals surface area contributed by atoms with Gasteiger partial charge in [0.15, 0.2) is 0 Å². The highest BCUT2D eigenvalue weighted by Crippen LogP contribution is 2.27. The summed E-state index contributed by atoms with van der Waals surface area (Å²) < 4.78 is 0. The largest absolute Gasteiger partial charge is 0.338 e. The molecule has 0 bridgehead atoms. The van der Waals surface area contributed by atoms with Crippen molar-refractivity contribution in [1.29, 1.82) is 0 Å². The molecule has 25 heavy (non-hydrogen) atoms. The number of nitrogens with two attached hydrogens (primary N) is 1. The Kier molecular flexibility index (Phi) is 8.86. The molecule has 0 aliphatic heterocycles. The van der Waals surface area contributed by atoms with E-state index in [0.29, 0.717) is 13.0 Å². The van der Waals surface area contributed by atoms with Gasteiger partial charge in [-0.1, -0.05) is 30.3 Å². The number of benzene rings is 1. The summed E-state index contributed by atoms with van der Waals surface area (Å²) in [6.07, 6.45) is 5.27. The van der Waals surface area contributed by atoms with Crippen molar-refractivity contribution < 1.29 is 4.79 Å². The number of amides is 1. The van der Waals surface area contributed by atoms with E-state index >= 15 is 0 Å². The molecule has 4 nitrogen and oxygen atoms in total. The number of halogens is 2. The molecule has 0 fully saturated rings. The van der Waals surface area contributed by atoms with Crippen molar-refractivity contribution in [3.8, 4) is 0 Å². The summed E-state index contributed by atoms with van der Waals surface area (Å²) in [4.78, 5) is 20.3. The van der Waals surface area contributed by atoms with Gasteiger partial charge in [0.25, 0.3) is 0 Å². The third-order valence-corrected chi connectivity index (χ3v) is 5.40. The van der Waals surface area contributed by atoms with Crippen LogP contribution < -0.4 is 5.73 Å². The topological polar surface area (TPSA) is 59.2 Å². The average Bonchev–Trinajstić information content (AvgIpc) is 2.97. The number of rotatable bonds is 5. The van der Waals surface area contributed by atoms with Gasteiger partial charge in [0.05, 0.1) is 18.3 Å². The average molecular weight is 402 g/mol.